The Balaban J connectivity index is 0.00000222. The molecular weight excluding hydrogens is 827 g/mol. The molecule has 4 aromatic rings. The van der Waals surface area contributed by atoms with Crippen LogP contribution >= 0.6 is 0 Å². The molecule has 1 atom stereocenters. The number of esters is 1. The van der Waals surface area contributed by atoms with Crippen molar-refractivity contribution in [2.75, 3.05) is 6.61 Å². The van der Waals surface area contributed by atoms with Crippen LogP contribution in [-0.2, 0) is 35.1 Å². The maximum absolute atomic E-state index is 13.5. The van der Waals surface area contributed by atoms with Gasteiger partial charge in [-0.2, -0.15) is 19.2 Å². The van der Waals surface area contributed by atoms with Crippen LogP contribution < -0.4 is 25.4 Å². The van der Waals surface area contributed by atoms with E-state index < -0.39 is 29.4 Å². The molecule has 342 valence electrons. The number of amides is 3. The van der Waals surface area contributed by atoms with E-state index >= 15 is 0 Å². The molecule has 17 nitrogen and oxygen atoms in total. The van der Waals surface area contributed by atoms with Crippen molar-refractivity contribution in [3.05, 3.63) is 95.7 Å². The minimum atomic E-state index is -0.836. The summed E-state index contributed by atoms with van der Waals surface area (Å²) in [5.74, 6) is -0.0542. The zero-order valence-corrected chi connectivity index (χ0v) is 38.3. The van der Waals surface area contributed by atoms with Crippen LogP contribution in [-0.4, -0.2) is 71.2 Å². The molecule has 0 aliphatic carbocycles. The predicted octanol–water partition coefficient (Wildman–Crippen LogP) is 8.14. The van der Waals surface area contributed by atoms with Crippen LogP contribution in [0.4, 0.5) is 15.3 Å². The zero-order chi connectivity index (χ0) is 48.5. The van der Waals surface area contributed by atoms with Crippen LogP contribution in [0, 0.1) is 10.8 Å². The SMILES string of the molecule is CC(C)(C)COc1ccc(C[C@H](NC(=O)c2ccc3cc(OC(=O)c4ccc(N=C(NC(=O)OC(C)(C)C)NC(=O)OC(C)(C)C)cc4)ccc3n2)C(C)(C)C)cc1.O=C=O.O=C=O. The quantitative estimate of drug-likeness (QED) is 0.0624. The molecule has 3 N–H and O–H groups in total. The van der Waals surface area contributed by atoms with E-state index in [9.17, 15) is 19.2 Å². The standard InChI is InChI=1S/C45H57N5O8.2CO2/c1-42(2,3)27-55-32-20-13-28(14-21-32)25-36(43(4,5)6)48-37(51)35-23-17-30-26-33(22-24-34(30)47-35)56-38(52)29-15-18-31(19-16-29)46-39(49-40(53)57-44(7,8)9)50-41(54)58-45(10,11)12;2*2-1-3/h13-24,26,36H,25,27H2,1-12H3,(H,48,51)(H2,46,49,50,53,54);;/t36-;;/m0../s1. The lowest BCUT2D eigenvalue weighted by Gasteiger charge is -2.31. The number of guanidine groups is 1. The normalized spacial score (nSPS) is 11.6. The number of nitrogens with zero attached hydrogens (tertiary/aromatic N) is 2. The summed E-state index contributed by atoms with van der Waals surface area (Å²) in [6.45, 7) is 23.5. The smallest absolute Gasteiger partial charge is 0.414 e. The Hall–Kier alpha value is -7.22. The fraction of sp³-hybridized carbons (Fsp3) is 0.404. The third-order valence-corrected chi connectivity index (χ3v) is 8.07. The van der Waals surface area contributed by atoms with Gasteiger partial charge in [0.1, 0.15) is 28.4 Å². The van der Waals surface area contributed by atoms with E-state index in [2.05, 4.69) is 67.5 Å². The number of carbonyl (C=O) groups is 4. The number of fused-ring (bicyclic) bond motifs is 1. The molecule has 1 heterocycles. The Bertz CT molecular complexity index is 2280. The summed E-state index contributed by atoms with van der Waals surface area (Å²) < 4.78 is 22.1. The first-order valence-corrected chi connectivity index (χ1v) is 20.0. The number of alkyl carbamates (subject to hydrolysis) is 2. The molecule has 4 rings (SSSR count). The second kappa shape index (κ2) is 23.3. The largest absolute Gasteiger partial charge is 0.493 e. The molecule has 3 amide bonds. The first-order valence-electron chi connectivity index (χ1n) is 20.0. The van der Waals surface area contributed by atoms with Gasteiger partial charge in [0.2, 0.25) is 5.96 Å². The van der Waals surface area contributed by atoms with E-state index in [0.717, 1.165) is 11.3 Å². The summed E-state index contributed by atoms with van der Waals surface area (Å²) in [6.07, 6.45) is -0.542. The second-order valence-corrected chi connectivity index (χ2v) is 18.5. The second-order valence-electron chi connectivity index (χ2n) is 18.5. The zero-order valence-electron chi connectivity index (χ0n) is 38.3. The maximum atomic E-state index is 13.5. The van der Waals surface area contributed by atoms with Gasteiger partial charge in [0.05, 0.1) is 23.4 Å². The average Bonchev–Trinajstić information content (AvgIpc) is 3.15. The number of ether oxygens (including phenoxy) is 4. The van der Waals surface area contributed by atoms with Crippen LogP contribution in [0.5, 0.6) is 11.5 Å². The maximum Gasteiger partial charge on any atom is 0.414 e. The number of hydrogen-bond acceptors (Lipinski definition) is 14. The number of rotatable bonds is 9. The van der Waals surface area contributed by atoms with Crippen molar-refractivity contribution in [1.29, 1.82) is 0 Å². The first-order chi connectivity index (χ1) is 29.6. The Labute approximate surface area is 372 Å². The van der Waals surface area contributed by atoms with Gasteiger partial charge >= 0.3 is 30.5 Å². The summed E-state index contributed by atoms with van der Waals surface area (Å²) in [5.41, 5.74) is 0.674. The molecule has 1 aromatic heterocycles. The van der Waals surface area contributed by atoms with Crippen molar-refractivity contribution >= 4 is 58.9 Å². The lowest BCUT2D eigenvalue weighted by molar-refractivity contribution is -0.193. The Morgan fingerprint density at radius 1 is 0.672 bits per heavy atom. The number of carbonyl (C=O) groups excluding carboxylic acids is 8. The van der Waals surface area contributed by atoms with Gasteiger partial charge in [0.25, 0.3) is 5.91 Å². The third-order valence-electron chi connectivity index (χ3n) is 8.07. The van der Waals surface area contributed by atoms with Gasteiger partial charge in [-0.1, -0.05) is 59.7 Å². The van der Waals surface area contributed by atoms with Crippen LogP contribution in [0.3, 0.4) is 0 Å². The molecule has 64 heavy (non-hydrogen) atoms. The summed E-state index contributed by atoms with van der Waals surface area (Å²) in [6, 6.07) is 22.2. The number of aromatic nitrogens is 1. The summed E-state index contributed by atoms with van der Waals surface area (Å²) >= 11 is 0. The van der Waals surface area contributed by atoms with E-state index in [1.54, 1.807) is 71.9 Å². The lowest BCUT2D eigenvalue weighted by Crippen LogP contribution is -2.47. The van der Waals surface area contributed by atoms with E-state index in [-0.39, 0.29) is 58.0 Å². The summed E-state index contributed by atoms with van der Waals surface area (Å²) in [5, 5.41) is 8.70. The van der Waals surface area contributed by atoms with Gasteiger partial charge in [-0.05, 0) is 125 Å². The minimum Gasteiger partial charge on any atom is -0.493 e. The molecule has 0 saturated carbocycles. The van der Waals surface area contributed by atoms with Crippen molar-refractivity contribution in [3.8, 4) is 11.5 Å². The molecule has 0 aliphatic heterocycles. The van der Waals surface area contributed by atoms with E-state index in [1.807, 2.05) is 24.3 Å². The molecule has 0 bridgehead atoms. The molecular formula is C47H57N5O12. The fourth-order valence-corrected chi connectivity index (χ4v) is 5.21. The Kier molecular flexibility index (Phi) is 19.3. The molecule has 0 fully saturated rings. The van der Waals surface area contributed by atoms with Gasteiger partial charge in [-0.25, -0.2) is 24.4 Å². The number of aliphatic imine (C=N–C) groups is 1. The molecule has 0 radical (unpaired) electrons. The minimum absolute atomic E-state index is 0.0585. The molecule has 17 heteroatoms. The van der Waals surface area contributed by atoms with Crippen molar-refractivity contribution < 1.29 is 57.3 Å². The van der Waals surface area contributed by atoms with Crippen LogP contribution in [0.2, 0.25) is 0 Å². The van der Waals surface area contributed by atoms with Crippen molar-refractivity contribution in [2.24, 2.45) is 15.8 Å². The van der Waals surface area contributed by atoms with E-state index in [0.29, 0.717) is 29.6 Å². The van der Waals surface area contributed by atoms with E-state index in [4.69, 9.17) is 38.1 Å². The molecule has 0 unspecified atom stereocenters. The third kappa shape index (κ3) is 20.1. The Morgan fingerprint density at radius 2 is 1.19 bits per heavy atom. The highest BCUT2D eigenvalue weighted by Crippen LogP contribution is 2.26. The molecule has 0 saturated heterocycles. The summed E-state index contributed by atoms with van der Waals surface area (Å²) in [7, 11) is 0. The van der Waals surface area contributed by atoms with Crippen molar-refractivity contribution in [1.82, 2.24) is 20.9 Å². The fourth-order valence-electron chi connectivity index (χ4n) is 5.21. The van der Waals surface area contributed by atoms with Crippen LogP contribution in [0.15, 0.2) is 83.9 Å². The topological polar surface area (TPSA) is 235 Å². The number of hydrogen-bond donors (Lipinski definition) is 3. The van der Waals surface area contributed by atoms with Crippen molar-refractivity contribution in [2.45, 2.75) is 107 Å². The molecule has 3 aromatic carbocycles. The first kappa shape index (κ1) is 52.9. The highest BCUT2D eigenvalue weighted by molar-refractivity contribution is 6.02. The van der Waals surface area contributed by atoms with Crippen LogP contribution in [0.25, 0.3) is 10.9 Å². The number of benzene rings is 3. The molecule has 0 spiro atoms. The predicted molar refractivity (Wildman–Crippen MR) is 235 cm³/mol. The highest BCUT2D eigenvalue weighted by atomic mass is 16.6. The van der Waals surface area contributed by atoms with Gasteiger partial charge in [0.15, 0.2) is 0 Å². The monoisotopic (exact) mass is 883 g/mol. The Morgan fingerprint density at radius 3 is 1.67 bits per heavy atom. The summed E-state index contributed by atoms with van der Waals surface area (Å²) in [4.78, 5) is 92.9. The number of pyridine rings is 1. The van der Waals surface area contributed by atoms with Crippen LogP contribution in [0.1, 0.15) is 109 Å². The van der Waals surface area contributed by atoms with Gasteiger partial charge in [-0.3, -0.25) is 15.4 Å². The van der Waals surface area contributed by atoms with Gasteiger partial charge < -0.3 is 24.3 Å². The average molecular weight is 884 g/mol. The molecule has 0 aliphatic rings. The van der Waals surface area contributed by atoms with E-state index in [1.165, 1.54) is 24.3 Å². The van der Waals surface area contributed by atoms with Gasteiger partial charge in [-0.15, -0.1) is 0 Å². The number of nitrogens with one attached hydrogen (secondary N) is 3. The van der Waals surface area contributed by atoms with Crippen molar-refractivity contribution in [3.63, 3.8) is 0 Å². The highest BCUT2D eigenvalue weighted by Gasteiger charge is 2.28. The lowest BCUT2D eigenvalue weighted by atomic mass is 9.83. The van der Waals surface area contributed by atoms with Gasteiger partial charge in [0, 0.05) is 11.4 Å².